The molecule has 1 aliphatic heterocycles. The highest BCUT2D eigenvalue weighted by molar-refractivity contribution is 4.75. The van der Waals surface area contributed by atoms with Gasteiger partial charge < -0.3 is 10.6 Å². The lowest BCUT2D eigenvalue weighted by atomic mass is 10.1. The summed E-state index contributed by atoms with van der Waals surface area (Å²) in [6.07, 6.45) is 11.4. The number of rotatable bonds is 6. The van der Waals surface area contributed by atoms with Crippen LogP contribution in [0, 0.1) is 5.92 Å². The lowest BCUT2D eigenvalue weighted by molar-refractivity contribution is 0.463. The molecule has 1 unspecified atom stereocenters. The summed E-state index contributed by atoms with van der Waals surface area (Å²) in [4.78, 5) is 0. The highest BCUT2D eigenvalue weighted by Gasteiger charge is 2.19. The third-order valence-corrected chi connectivity index (χ3v) is 3.72. The van der Waals surface area contributed by atoms with E-state index < -0.39 is 0 Å². The van der Waals surface area contributed by atoms with Gasteiger partial charge in [-0.15, -0.1) is 0 Å². The Morgan fingerprint density at radius 1 is 1.07 bits per heavy atom. The molecule has 0 aromatic heterocycles. The first-order valence-electron chi connectivity index (χ1n) is 6.89. The number of nitrogens with one attached hydrogen (secondary N) is 2. The first-order valence-corrected chi connectivity index (χ1v) is 6.89. The molecule has 0 radical (unpaired) electrons. The molecule has 2 N–H and O–H groups in total. The van der Waals surface area contributed by atoms with E-state index >= 15 is 0 Å². The summed E-state index contributed by atoms with van der Waals surface area (Å²) in [7, 11) is 0. The van der Waals surface area contributed by atoms with E-state index in [9.17, 15) is 0 Å². The zero-order valence-electron chi connectivity index (χ0n) is 9.93. The third-order valence-electron chi connectivity index (χ3n) is 3.72. The molecule has 0 aromatic carbocycles. The van der Waals surface area contributed by atoms with Gasteiger partial charge in [-0.05, 0) is 44.7 Å². The lowest BCUT2D eigenvalue weighted by Crippen LogP contribution is -2.38. The Morgan fingerprint density at radius 2 is 2.00 bits per heavy atom. The molecular formula is C13H26N2. The molecule has 1 aliphatic carbocycles. The van der Waals surface area contributed by atoms with E-state index in [1.807, 2.05) is 0 Å². The van der Waals surface area contributed by atoms with Gasteiger partial charge in [-0.1, -0.05) is 25.7 Å². The quantitative estimate of drug-likeness (QED) is 0.657. The Hall–Kier alpha value is -0.0800. The van der Waals surface area contributed by atoms with E-state index in [2.05, 4.69) is 10.6 Å². The summed E-state index contributed by atoms with van der Waals surface area (Å²) < 4.78 is 0. The summed E-state index contributed by atoms with van der Waals surface area (Å²) in [5, 5.41) is 7.23. The van der Waals surface area contributed by atoms with E-state index in [0.717, 1.165) is 12.0 Å². The highest BCUT2D eigenvalue weighted by Crippen LogP contribution is 2.33. The largest absolute Gasteiger partial charge is 0.315 e. The van der Waals surface area contributed by atoms with Crippen molar-refractivity contribution in [3.05, 3.63) is 0 Å². The predicted octanol–water partition coefficient (Wildman–Crippen LogP) is 2.30. The fourth-order valence-electron chi connectivity index (χ4n) is 2.47. The van der Waals surface area contributed by atoms with Gasteiger partial charge in [-0.3, -0.25) is 0 Å². The smallest absolute Gasteiger partial charge is 0.0192 e. The van der Waals surface area contributed by atoms with Crippen LogP contribution in [0.3, 0.4) is 0 Å². The normalized spacial score (nSPS) is 27.6. The fourth-order valence-corrected chi connectivity index (χ4v) is 2.47. The van der Waals surface area contributed by atoms with Crippen molar-refractivity contribution in [2.24, 2.45) is 5.92 Å². The van der Waals surface area contributed by atoms with Crippen LogP contribution < -0.4 is 10.6 Å². The molecule has 2 fully saturated rings. The van der Waals surface area contributed by atoms with Crippen molar-refractivity contribution < 1.29 is 0 Å². The molecule has 2 heteroatoms. The fraction of sp³-hybridized carbons (Fsp3) is 1.00. The Morgan fingerprint density at radius 3 is 2.87 bits per heavy atom. The van der Waals surface area contributed by atoms with E-state index in [-0.39, 0.29) is 0 Å². The molecule has 2 rings (SSSR count). The summed E-state index contributed by atoms with van der Waals surface area (Å²) in [5.41, 5.74) is 0. The van der Waals surface area contributed by atoms with Gasteiger partial charge in [0.05, 0.1) is 0 Å². The van der Waals surface area contributed by atoms with Crippen LogP contribution in [-0.2, 0) is 0 Å². The second-order valence-electron chi connectivity index (χ2n) is 5.29. The minimum absolute atomic E-state index is 0.744. The standard InChI is InChI=1S/C13H26N2/c1-2-6-13(15-10-3-1)11-14-9-4-5-12-7-8-12/h12-15H,1-11H2. The average molecular weight is 210 g/mol. The number of hydrogen-bond donors (Lipinski definition) is 2. The second kappa shape index (κ2) is 6.49. The van der Waals surface area contributed by atoms with Crippen LogP contribution in [0.1, 0.15) is 51.4 Å². The maximum absolute atomic E-state index is 3.63. The third kappa shape index (κ3) is 4.98. The summed E-state index contributed by atoms with van der Waals surface area (Å²) in [6.45, 7) is 3.65. The SMILES string of the molecule is C1CCNC(CNCCCC2CC2)CC1. The van der Waals surface area contributed by atoms with Crippen LogP contribution in [-0.4, -0.2) is 25.7 Å². The lowest BCUT2D eigenvalue weighted by Gasteiger charge is -2.16. The number of hydrogen-bond acceptors (Lipinski definition) is 2. The van der Waals surface area contributed by atoms with Gasteiger partial charge in [0, 0.05) is 12.6 Å². The molecular weight excluding hydrogens is 184 g/mol. The molecule has 2 nitrogen and oxygen atoms in total. The molecule has 1 heterocycles. The maximum Gasteiger partial charge on any atom is 0.0192 e. The van der Waals surface area contributed by atoms with Crippen LogP contribution in [0.25, 0.3) is 0 Å². The van der Waals surface area contributed by atoms with E-state index in [1.54, 1.807) is 0 Å². The van der Waals surface area contributed by atoms with E-state index in [4.69, 9.17) is 0 Å². The van der Waals surface area contributed by atoms with Crippen molar-refractivity contribution in [1.82, 2.24) is 10.6 Å². The Labute approximate surface area is 94.2 Å². The molecule has 0 aromatic rings. The molecule has 0 bridgehead atoms. The topological polar surface area (TPSA) is 24.1 Å². The Balaban J connectivity index is 1.44. The minimum atomic E-state index is 0.744. The van der Waals surface area contributed by atoms with Crippen molar-refractivity contribution in [1.29, 1.82) is 0 Å². The van der Waals surface area contributed by atoms with Crippen molar-refractivity contribution in [2.45, 2.75) is 57.4 Å². The first-order chi connectivity index (χ1) is 7.45. The van der Waals surface area contributed by atoms with E-state index in [1.165, 1.54) is 71.0 Å². The monoisotopic (exact) mass is 210 g/mol. The summed E-state index contributed by atoms with van der Waals surface area (Å²) in [5.74, 6) is 1.10. The minimum Gasteiger partial charge on any atom is -0.315 e. The van der Waals surface area contributed by atoms with Crippen molar-refractivity contribution in [3.8, 4) is 0 Å². The van der Waals surface area contributed by atoms with Gasteiger partial charge in [-0.25, -0.2) is 0 Å². The molecule has 0 amide bonds. The molecule has 15 heavy (non-hydrogen) atoms. The second-order valence-corrected chi connectivity index (χ2v) is 5.29. The zero-order chi connectivity index (χ0) is 10.3. The molecule has 1 atom stereocenters. The van der Waals surface area contributed by atoms with Crippen molar-refractivity contribution in [3.63, 3.8) is 0 Å². The van der Waals surface area contributed by atoms with Crippen LogP contribution >= 0.6 is 0 Å². The van der Waals surface area contributed by atoms with Crippen molar-refractivity contribution in [2.75, 3.05) is 19.6 Å². The first kappa shape index (κ1) is 11.4. The van der Waals surface area contributed by atoms with Gasteiger partial charge in [0.15, 0.2) is 0 Å². The van der Waals surface area contributed by atoms with Gasteiger partial charge in [-0.2, -0.15) is 0 Å². The molecule has 0 spiro atoms. The molecule has 1 saturated heterocycles. The van der Waals surface area contributed by atoms with Crippen LogP contribution in [0.5, 0.6) is 0 Å². The van der Waals surface area contributed by atoms with E-state index in [0.29, 0.717) is 0 Å². The zero-order valence-corrected chi connectivity index (χ0v) is 9.93. The Kier molecular flexibility index (Phi) is 4.94. The van der Waals surface area contributed by atoms with Crippen LogP contribution in [0.15, 0.2) is 0 Å². The van der Waals surface area contributed by atoms with Crippen molar-refractivity contribution >= 4 is 0 Å². The molecule has 88 valence electrons. The highest BCUT2D eigenvalue weighted by atomic mass is 15.0. The molecule has 2 aliphatic rings. The van der Waals surface area contributed by atoms with Gasteiger partial charge >= 0.3 is 0 Å². The van der Waals surface area contributed by atoms with Gasteiger partial charge in [0.2, 0.25) is 0 Å². The summed E-state index contributed by atoms with van der Waals surface area (Å²) >= 11 is 0. The summed E-state index contributed by atoms with van der Waals surface area (Å²) in [6, 6.07) is 0.744. The predicted molar refractivity (Wildman–Crippen MR) is 65.1 cm³/mol. The Bertz CT molecular complexity index is 158. The average Bonchev–Trinajstić information content (AvgIpc) is 3.03. The van der Waals surface area contributed by atoms with Gasteiger partial charge in [0.25, 0.3) is 0 Å². The molecule has 1 saturated carbocycles. The van der Waals surface area contributed by atoms with Crippen LogP contribution in [0.2, 0.25) is 0 Å². The maximum atomic E-state index is 3.63. The van der Waals surface area contributed by atoms with Crippen LogP contribution in [0.4, 0.5) is 0 Å². The van der Waals surface area contributed by atoms with Gasteiger partial charge in [0.1, 0.15) is 0 Å².